The van der Waals surface area contributed by atoms with Gasteiger partial charge < -0.3 is 0 Å². The van der Waals surface area contributed by atoms with Crippen molar-refractivity contribution in [3.8, 4) is 0 Å². The summed E-state index contributed by atoms with van der Waals surface area (Å²) in [6.07, 6.45) is 4.69. The van der Waals surface area contributed by atoms with Crippen LogP contribution in [0.25, 0.3) is 0 Å². The Hall–Kier alpha value is -1.44. The summed E-state index contributed by atoms with van der Waals surface area (Å²) < 4.78 is 13.5. The zero-order valence-electron chi connectivity index (χ0n) is 10.7. The van der Waals surface area contributed by atoms with Gasteiger partial charge in [-0.1, -0.05) is 45.0 Å². The maximum Gasteiger partial charge on any atom is 0.161 e. The standard InChI is InChI=1S/C15H19FO/c1-4-5-10-14(17)15(2,3)11-12-8-6-7-9-13(12)16/h5-10H,4,11H2,1-3H3/b10-5+. The van der Waals surface area contributed by atoms with Gasteiger partial charge in [-0.15, -0.1) is 0 Å². The van der Waals surface area contributed by atoms with Crippen LogP contribution in [-0.4, -0.2) is 5.78 Å². The summed E-state index contributed by atoms with van der Waals surface area (Å²) in [6.45, 7) is 5.68. The second-order valence-electron chi connectivity index (χ2n) is 4.83. The molecule has 0 aliphatic carbocycles. The van der Waals surface area contributed by atoms with Gasteiger partial charge in [-0.25, -0.2) is 4.39 Å². The summed E-state index contributed by atoms with van der Waals surface area (Å²) in [4.78, 5) is 11.9. The first kappa shape index (κ1) is 13.6. The quantitative estimate of drug-likeness (QED) is 0.705. The first-order valence-corrected chi connectivity index (χ1v) is 5.91. The van der Waals surface area contributed by atoms with Crippen LogP contribution < -0.4 is 0 Å². The van der Waals surface area contributed by atoms with Crippen molar-refractivity contribution < 1.29 is 9.18 Å². The summed E-state index contributed by atoms with van der Waals surface area (Å²) in [5, 5.41) is 0. The van der Waals surface area contributed by atoms with Crippen LogP contribution in [0.2, 0.25) is 0 Å². The maximum atomic E-state index is 13.5. The second kappa shape index (κ2) is 5.76. The average molecular weight is 234 g/mol. The van der Waals surface area contributed by atoms with Crippen LogP contribution in [0.3, 0.4) is 0 Å². The number of rotatable bonds is 5. The van der Waals surface area contributed by atoms with Crippen molar-refractivity contribution in [1.29, 1.82) is 0 Å². The number of carbonyl (C=O) groups is 1. The highest BCUT2D eigenvalue weighted by Gasteiger charge is 2.26. The third-order valence-electron chi connectivity index (χ3n) is 2.76. The lowest BCUT2D eigenvalue weighted by atomic mass is 9.81. The van der Waals surface area contributed by atoms with Crippen LogP contribution in [-0.2, 0) is 11.2 Å². The second-order valence-corrected chi connectivity index (χ2v) is 4.83. The van der Waals surface area contributed by atoms with E-state index >= 15 is 0 Å². The Morgan fingerprint density at radius 2 is 2.00 bits per heavy atom. The molecule has 0 bridgehead atoms. The number of carbonyl (C=O) groups excluding carboxylic acids is 1. The molecule has 0 N–H and O–H groups in total. The van der Waals surface area contributed by atoms with Gasteiger partial charge in [0.15, 0.2) is 5.78 Å². The number of hydrogen-bond donors (Lipinski definition) is 0. The van der Waals surface area contributed by atoms with Crippen molar-refractivity contribution in [2.75, 3.05) is 0 Å². The molecule has 0 aliphatic rings. The number of halogens is 1. The lowest BCUT2D eigenvalue weighted by molar-refractivity contribution is -0.122. The Balaban J connectivity index is 2.83. The molecule has 1 aromatic rings. The third-order valence-corrected chi connectivity index (χ3v) is 2.76. The van der Waals surface area contributed by atoms with Crippen LogP contribution in [0.5, 0.6) is 0 Å². The van der Waals surface area contributed by atoms with E-state index in [4.69, 9.17) is 0 Å². The van der Waals surface area contributed by atoms with Gasteiger partial charge in [-0.3, -0.25) is 4.79 Å². The predicted molar refractivity (Wildman–Crippen MR) is 68.3 cm³/mol. The molecular formula is C15H19FO. The molecule has 92 valence electrons. The Kier molecular flexibility index (Phi) is 4.62. The monoisotopic (exact) mass is 234 g/mol. The number of allylic oxidation sites excluding steroid dienone is 2. The first-order chi connectivity index (χ1) is 7.97. The molecule has 0 saturated carbocycles. The zero-order chi connectivity index (χ0) is 12.9. The van der Waals surface area contributed by atoms with Crippen LogP contribution in [0.1, 0.15) is 32.8 Å². The molecule has 0 amide bonds. The molecule has 0 radical (unpaired) electrons. The molecule has 0 atom stereocenters. The van der Waals surface area contributed by atoms with Crippen LogP contribution in [0.4, 0.5) is 4.39 Å². The van der Waals surface area contributed by atoms with Crippen molar-refractivity contribution >= 4 is 5.78 Å². The number of benzene rings is 1. The molecule has 0 heterocycles. The Morgan fingerprint density at radius 1 is 1.35 bits per heavy atom. The van der Waals surface area contributed by atoms with Gasteiger partial charge in [0.25, 0.3) is 0 Å². The smallest absolute Gasteiger partial charge is 0.161 e. The topological polar surface area (TPSA) is 17.1 Å². The summed E-state index contributed by atoms with van der Waals surface area (Å²) in [5.74, 6) is -0.199. The molecule has 1 aromatic carbocycles. The maximum absolute atomic E-state index is 13.5. The average Bonchev–Trinajstić information content (AvgIpc) is 2.28. The molecule has 2 heteroatoms. The molecule has 0 aliphatic heterocycles. The molecule has 17 heavy (non-hydrogen) atoms. The fourth-order valence-corrected chi connectivity index (χ4v) is 1.66. The van der Waals surface area contributed by atoms with Gasteiger partial charge >= 0.3 is 0 Å². The van der Waals surface area contributed by atoms with Gasteiger partial charge in [0.2, 0.25) is 0 Å². The van der Waals surface area contributed by atoms with E-state index in [-0.39, 0.29) is 11.6 Å². The van der Waals surface area contributed by atoms with E-state index in [0.29, 0.717) is 12.0 Å². The van der Waals surface area contributed by atoms with E-state index in [1.807, 2.05) is 26.8 Å². The largest absolute Gasteiger partial charge is 0.294 e. The summed E-state index contributed by atoms with van der Waals surface area (Å²) >= 11 is 0. The van der Waals surface area contributed by atoms with E-state index in [1.54, 1.807) is 24.3 Å². The molecule has 0 saturated heterocycles. The highest BCUT2D eigenvalue weighted by Crippen LogP contribution is 2.25. The van der Waals surface area contributed by atoms with Crippen molar-refractivity contribution in [2.45, 2.75) is 33.6 Å². The summed E-state index contributed by atoms with van der Waals surface area (Å²) in [6, 6.07) is 6.61. The van der Waals surface area contributed by atoms with Crippen LogP contribution >= 0.6 is 0 Å². The van der Waals surface area contributed by atoms with E-state index in [0.717, 1.165) is 6.42 Å². The predicted octanol–water partition coefficient (Wildman–Crippen LogP) is 3.93. The fourth-order valence-electron chi connectivity index (χ4n) is 1.66. The van der Waals surface area contributed by atoms with Gasteiger partial charge in [-0.2, -0.15) is 0 Å². The van der Waals surface area contributed by atoms with Crippen molar-refractivity contribution in [3.05, 3.63) is 47.8 Å². The van der Waals surface area contributed by atoms with Crippen LogP contribution in [0, 0.1) is 11.2 Å². The molecule has 1 rings (SSSR count). The van der Waals surface area contributed by atoms with Crippen molar-refractivity contribution in [3.63, 3.8) is 0 Å². The number of ketones is 1. The Morgan fingerprint density at radius 3 is 2.59 bits per heavy atom. The first-order valence-electron chi connectivity index (χ1n) is 5.91. The van der Waals surface area contributed by atoms with Crippen LogP contribution in [0.15, 0.2) is 36.4 Å². The minimum Gasteiger partial charge on any atom is -0.294 e. The fraction of sp³-hybridized carbons (Fsp3) is 0.400. The van der Waals surface area contributed by atoms with E-state index in [1.165, 1.54) is 6.07 Å². The van der Waals surface area contributed by atoms with E-state index < -0.39 is 5.41 Å². The molecule has 1 nitrogen and oxygen atoms in total. The molecule has 0 unspecified atom stereocenters. The highest BCUT2D eigenvalue weighted by atomic mass is 19.1. The Bertz CT molecular complexity index is 419. The lowest BCUT2D eigenvalue weighted by Crippen LogP contribution is -2.25. The number of hydrogen-bond acceptors (Lipinski definition) is 1. The minimum atomic E-state index is -0.562. The Labute approximate surface area is 102 Å². The third kappa shape index (κ3) is 3.81. The SMILES string of the molecule is CC/C=C/C(=O)C(C)(C)Cc1ccccc1F. The van der Waals surface area contributed by atoms with Gasteiger partial charge in [0.05, 0.1) is 0 Å². The molecule has 0 fully saturated rings. The normalized spacial score (nSPS) is 12.0. The van der Waals surface area contributed by atoms with Gasteiger partial charge in [0, 0.05) is 5.41 Å². The van der Waals surface area contributed by atoms with Gasteiger partial charge in [0.1, 0.15) is 5.82 Å². The van der Waals surface area contributed by atoms with E-state index in [9.17, 15) is 9.18 Å². The van der Waals surface area contributed by atoms with E-state index in [2.05, 4.69) is 0 Å². The zero-order valence-corrected chi connectivity index (χ0v) is 10.7. The van der Waals surface area contributed by atoms with Crippen molar-refractivity contribution in [2.24, 2.45) is 5.41 Å². The summed E-state index contributed by atoms with van der Waals surface area (Å²) in [5.41, 5.74) is 0.0316. The molecule has 0 aromatic heterocycles. The minimum absolute atomic E-state index is 0.0441. The molecular weight excluding hydrogens is 215 g/mol. The highest BCUT2D eigenvalue weighted by molar-refractivity contribution is 5.94. The molecule has 0 spiro atoms. The van der Waals surface area contributed by atoms with Gasteiger partial charge in [-0.05, 0) is 30.5 Å². The van der Waals surface area contributed by atoms with Crippen molar-refractivity contribution in [1.82, 2.24) is 0 Å². The summed E-state index contributed by atoms with van der Waals surface area (Å²) in [7, 11) is 0. The lowest BCUT2D eigenvalue weighted by Gasteiger charge is -2.21.